The Kier molecular flexibility index (Phi) is 5.15. The van der Waals surface area contributed by atoms with Crippen LogP contribution in [-0.4, -0.2) is 6.54 Å². The van der Waals surface area contributed by atoms with E-state index in [0.29, 0.717) is 12.1 Å². The number of halogens is 2. The van der Waals surface area contributed by atoms with Crippen LogP contribution in [0, 0.1) is 18.6 Å². The van der Waals surface area contributed by atoms with Crippen LogP contribution in [-0.2, 0) is 6.54 Å². The first-order valence-corrected chi connectivity index (χ1v) is 7.35. The minimum absolute atomic E-state index is 0.0517. The first-order chi connectivity index (χ1) is 9.60. The molecule has 0 atom stereocenters. The van der Waals surface area contributed by atoms with Crippen molar-refractivity contribution >= 4 is 11.8 Å². The SMILES string of the molecule is CCNCc1cc(F)c(Sc2cccc(C)c2)c(F)c1. The van der Waals surface area contributed by atoms with Crippen molar-refractivity contribution in [2.24, 2.45) is 0 Å². The minimum atomic E-state index is -0.510. The number of rotatable bonds is 5. The second kappa shape index (κ2) is 6.86. The smallest absolute Gasteiger partial charge is 0.140 e. The quantitative estimate of drug-likeness (QED) is 0.869. The van der Waals surface area contributed by atoms with Crippen molar-refractivity contribution in [3.63, 3.8) is 0 Å². The number of aryl methyl sites for hydroxylation is 1. The third kappa shape index (κ3) is 3.81. The molecule has 0 saturated heterocycles. The summed E-state index contributed by atoms with van der Waals surface area (Å²) >= 11 is 1.12. The zero-order chi connectivity index (χ0) is 14.5. The number of nitrogens with one attached hydrogen (secondary N) is 1. The fourth-order valence-electron chi connectivity index (χ4n) is 1.88. The highest BCUT2D eigenvalue weighted by molar-refractivity contribution is 7.99. The summed E-state index contributed by atoms with van der Waals surface area (Å²) in [5, 5.41) is 3.06. The van der Waals surface area contributed by atoms with Crippen LogP contribution in [0.3, 0.4) is 0 Å². The van der Waals surface area contributed by atoms with E-state index in [-0.39, 0.29) is 4.90 Å². The first-order valence-electron chi connectivity index (χ1n) is 6.53. The van der Waals surface area contributed by atoms with Gasteiger partial charge in [0.2, 0.25) is 0 Å². The van der Waals surface area contributed by atoms with Gasteiger partial charge in [0.05, 0.1) is 4.90 Å². The Bertz CT molecular complexity index is 576. The van der Waals surface area contributed by atoms with Crippen LogP contribution in [0.4, 0.5) is 8.78 Å². The van der Waals surface area contributed by atoms with Crippen molar-refractivity contribution in [2.75, 3.05) is 6.54 Å². The molecule has 0 unspecified atom stereocenters. The Morgan fingerprint density at radius 2 is 1.80 bits per heavy atom. The highest BCUT2D eigenvalue weighted by Gasteiger charge is 2.12. The van der Waals surface area contributed by atoms with Gasteiger partial charge in [-0.15, -0.1) is 0 Å². The molecule has 2 aromatic carbocycles. The molecular formula is C16H17F2NS. The first kappa shape index (κ1) is 15.0. The number of benzene rings is 2. The fraction of sp³-hybridized carbons (Fsp3) is 0.250. The monoisotopic (exact) mass is 293 g/mol. The van der Waals surface area contributed by atoms with Crippen molar-refractivity contribution in [1.29, 1.82) is 0 Å². The molecule has 0 aliphatic heterocycles. The average molecular weight is 293 g/mol. The van der Waals surface area contributed by atoms with Crippen LogP contribution in [0.2, 0.25) is 0 Å². The maximum Gasteiger partial charge on any atom is 0.140 e. The van der Waals surface area contributed by atoms with E-state index in [1.54, 1.807) is 0 Å². The topological polar surface area (TPSA) is 12.0 Å². The molecule has 0 aromatic heterocycles. The van der Waals surface area contributed by atoms with Crippen LogP contribution >= 0.6 is 11.8 Å². The van der Waals surface area contributed by atoms with E-state index < -0.39 is 11.6 Å². The molecule has 0 amide bonds. The third-order valence-corrected chi connectivity index (χ3v) is 3.93. The summed E-state index contributed by atoms with van der Waals surface area (Å²) in [6.45, 7) is 5.15. The summed E-state index contributed by atoms with van der Waals surface area (Å²) < 4.78 is 28.1. The highest BCUT2D eigenvalue weighted by Crippen LogP contribution is 2.33. The van der Waals surface area contributed by atoms with Crippen molar-refractivity contribution in [3.8, 4) is 0 Å². The van der Waals surface area contributed by atoms with E-state index in [1.165, 1.54) is 12.1 Å². The summed E-state index contributed by atoms with van der Waals surface area (Å²) in [5.41, 5.74) is 1.69. The van der Waals surface area contributed by atoms with Gasteiger partial charge in [-0.25, -0.2) is 8.78 Å². The van der Waals surface area contributed by atoms with Gasteiger partial charge >= 0.3 is 0 Å². The third-order valence-electron chi connectivity index (χ3n) is 2.85. The van der Waals surface area contributed by atoms with Gasteiger partial charge in [-0.1, -0.05) is 36.4 Å². The molecule has 0 radical (unpaired) electrons. The fourth-order valence-corrected chi connectivity index (χ4v) is 2.82. The lowest BCUT2D eigenvalue weighted by molar-refractivity contribution is 0.535. The normalized spacial score (nSPS) is 10.8. The summed E-state index contributed by atoms with van der Waals surface area (Å²) in [5.74, 6) is -1.02. The Labute approximate surface area is 122 Å². The second-order valence-electron chi connectivity index (χ2n) is 4.59. The predicted molar refractivity (Wildman–Crippen MR) is 79.0 cm³/mol. The molecule has 0 aliphatic rings. The van der Waals surface area contributed by atoms with E-state index in [9.17, 15) is 8.78 Å². The Morgan fingerprint density at radius 1 is 1.10 bits per heavy atom. The molecule has 0 heterocycles. The van der Waals surface area contributed by atoms with Crippen LogP contribution < -0.4 is 5.32 Å². The van der Waals surface area contributed by atoms with Crippen LogP contribution in [0.5, 0.6) is 0 Å². The van der Waals surface area contributed by atoms with Gasteiger partial charge in [-0.2, -0.15) is 0 Å². The molecule has 0 bridgehead atoms. The lowest BCUT2D eigenvalue weighted by Crippen LogP contribution is -2.12. The molecule has 4 heteroatoms. The van der Waals surface area contributed by atoms with Crippen LogP contribution in [0.25, 0.3) is 0 Å². The van der Waals surface area contributed by atoms with E-state index in [4.69, 9.17) is 0 Å². The van der Waals surface area contributed by atoms with E-state index in [0.717, 1.165) is 28.8 Å². The van der Waals surface area contributed by atoms with Gasteiger partial charge in [0.15, 0.2) is 0 Å². The standard InChI is InChI=1S/C16H17F2NS/c1-3-19-10-12-8-14(17)16(15(18)9-12)20-13-6-4-5-11(2)7-13/h4-9,19H,3,10H2,1-2H3. The highest BCUT2D eigenvalue weighted by atomic mass is 32.2. The molecule has 0 fully saturated rings. The van der Waals surface area contributed by atoms with Crippen molar-refractivity contribution in [1.82, 2.24) is 5.32 Å². The Hall–Kier alpha value is -1.39. The Balaban J connectivity index is 2.24. The second-order valence-corrected chi connectivity index (χ2v) is 5.67. The molecule has 1 N–H and O–H groups in total. The molecular weight excluding hydrogens is 276 g/mol. The van der Waals surface area contributed by atoms with Crippen molar-refractivity contribution in [3.05, 3.63) is 59.2 Å². The van der Waals surface area contributed by atoms with Gasteiger partial charge in [-0.05, 0) is 43.3 Å². The molecule has 1 nitrogen and oxygen atoms in total. The average Bonchev–Trinajstić information content (AvgIpc) is 2.40. The minimum Gasteiger partial charge on any atom is -0.313 e. The van der Waals surface area contributed by atoms with Crippen LogP contribution in [0.1, 0.15) is 18.1 Å². The lowest BCUT2D eigenvalue weighted by Gasteiger charge is -2.09. The predicted octanol–water partition coefficient (Wildman–Crippen LogP) is 4.53. The summed E-state index contributed by atoms with van der Waals surface area (Å²) in [4.78, 5) is 0.887. The van der Waals surface area contributed by atoms with Gasteiger partial charge in [0, 0.05) is 11.4 Å². The van der Waals surface area contributed by atoms with Crippen molar-refractivity contribution < 1.29 is 8.78 Å². The van der Waals surface area contributed by atoms with E-state index >= 15 is 0 Å². The lowest BCUT2D eigenvalue weighted by atomic mass is 10.2. The van der Waals surface area contributed by atoms with E-state index in [1.807, 2.05) is 38.1 Å². The molecule has 0 aliphatic carbocycles. The van der Waals surface area contributed by atoms with Crippen molar-refractivity contribution in [2.45, 2.75) is 30.2 Å². The number of hydrogen-bond donors (Lipinski definition) is 1. The Morgan fingerprint density at radius 3 is 2.40 bits per heavy atom. The molecule has 0 saturated carbocycles. The maximum absolute atomic E-state index is 14.0. The van der Waals surface area contributed by atoms with E-state index in [2.05, 4.69) is 5.32 Å². The maximum atomic E-state index is 14.0. The van der Waals surface area contributed by atoms with Crippen LogP contribution in [0.15, 0.2) is 46.2 Å². The van der Waals surface area contributed by atoms with Gasteiger partial charge in [0.1, 0.15) is 11.6 Å². The molecule has 0 spiro atoms. The molecule has 2 rings (SSSR count). The molecule has 106 valence electrons. The zero-order valence-electron chi connectivity index (χ0n) is 11.5. The van der Waals surface area contributed by atoms with Gasteiger partial charge < -0.3 is 5.32 Å². The number of hydrogen-bond acceptors (Lipinski definition) is 2. The summed E-state index contributed by atoms with van der Waals surface area (Å²) in [7, 11) is 0. The largest absolute Gasteiger partial charge is 0.313 e. The summed E-state index contributed by atoms with van der Waals surface area (Å²) in [6.07, 6.45) is 0. The van der Waals surface area contributed by atoms with Gasteiger partial charge in [-0.3, -0.25) is 0 Å². The molecule has 20 heavy (non-hydrogen) atoms. The summed E-state index contributed by atoms with van der Waals surface area (Å²) in [6, 6.07) is 10.4. The zero-order valence-corrected chi connectivity index (χ0v) is 12.4. The molecule has 2 aromatic rings. The van der Waals surface area contributed by atoms with Gasteiger partial charge in [0.25, 0.3) is 0 Å².